The molecule has 1 aromatic heterocycles. The molecule has 0 bridgehead atoms. The standard InChI is InChI=1S/C8H12O7S2/c1-16(9,10)13-5-7-3-4-8(15-7)6-14-17(2,11)12/h3-4H,5-6H2,1-2H3. The van der Waals surface area contributed by atoms with Crippen LogP contribution < -0.4 is 0 Å². The second kappa shape index (κ2) is 5.17. The van der Waals surface area contributed by atoms with Gasteiger partial charge in [0, 0.05) is 0 Å². The van der Waals surface area contributed by atoms with Crippen molar-refractivity contribution in [3.05, 3.63) is 23.7 Å². The SMILES string of the molecule is CS(=O)(=O)OCc1ccc(COS(C)(=O)=O)o1. The van der Waals surface area contributed by atoms with Gasteiger partial charge in [-0.2, -0.15) is 16.8 Å². The molecule has 17 heavy (non-hydrogen) atoms. The van der Waals surface area contributed by atoms with Gasteiger partial charge in [-0.3, -0.25) is 8.37 Å². The van der Waals surface area contributed by atoms with Crippen LogP contribution in [0.2, 0.25) is 0 Å². The number of hydrogen-bond acceptors (Lipinski definition) is 7. The highest BCUT2D eigenvalue weighted by Gasteiger charge is 2.09. The minimum absolute atomic E-state index is 0.238. The molecule has 0 aliphatic heterocycles. The fourth-order valence-electron chi connectivity index (χ4n) is 0.908. The van der Waals surface area contributed by atoms with E-state index in [-0.39, 0.29) is 24.7 Å². The number of rotatable bonds is 6. The molecule has 0 aliphatic rings. The van der Waals surface area contributed by atoms with Gasteiger partial charge in [-0.05, 0) is 12.1 Å². The van der Waals surface area contributed by atoms with E-state index in [1.807, 2.05) is 0 Å². The summed E-state index contributed by atoms with van der Waals surface area (Å²) >= 11 is 0. The van der Waals surface area contributed by atoms with Crippen molar-refractivity contribution in [3.63, 3.8) is 0 Å². The molecule has 0 amide bonds. The van der Waals surface area contributed by atoms with Crippen LogP contribution in [0.4, 0.5) is 0 Å². The van der Waals surface area contributed by atoms with Crippen LogP contribution in [0.15, 0.2) is 16.5 Å². The third-order valence-electron chi connectivity index (χ3n) is 1.55. The van der Waals surface area contributed by atoms with E-state index in [1.165, 1.54) is 12.1 Å². The molecular formula is C8H12O7S2. The van der Waals surface area contributed by atoms with Gasteiger partial charge in [-0.1, -0.05) is 0 Å². The monoisotopic (exact) mass is 284 g/mol. The molecule has 0 saturated carbocycles. The van der Waals surface area contributed by atoms with Crippen LogP contribution in [0.25, 0.3) is 0 Å². The summed E-state index contributed by atoms with van der Waals surface area (Å²) < 4.78 is 56.9. The van der Waals surface area contributed by atoms with Gasteiger partial charge in [0.1, 0.15) is 24.7 Å². The first-order valence-corrected chi connectivity index (χ1v) is 8.05. The topological polar surface area (TPSA) is 99.9 Å². The summed E-state index contributed by atoms with van der Waals surface area (Å²) in [4.78, 5) is 0. The van der Waals surface area contributed by atoms with Crippen molar-refractivity contribution in [1.29, 1.82) is 0 Å². The van der Waals surface area contributed by atoms with Crippen LogP contribution in [0, 0.1) is 0 Å². The van der Waals surface area contributed by atoms with Gasteiger partial charge in [-0.15, -0.1) is 0 Å². The lowest BCUT2D eigenvalue weighted by atomic mass is 10.4. The summed E-state index contributed by atoms with van der Waals surface area (Å²) in [5.74, 6) is 0.532. The number of furan rings is 1. The van der Waals surface area contributed by atoms with Crippen molar-refractivity contribution in [3.8, 4) is 0 Å². The molecule has 0 atom stereocenters. The first-order valence-electron chi connectivity index (χ1n) is 4.42. The van der Waals surface area contributed by atoms with Gasteiger partial charge in [0.2, 0.25) is 0 Å². The fraction of sp³-hybridized carbons (Fsp3) is 0.500. The van der Waals surface area contributed by atoms with Gasteiger partial charge in [0.15, 0.2) is 0 Å². The molecule has 98 valence electrons. The van der Waals surface area contributed by atoms with E-state index < -0.39 is 20.2 Å². The highest BCUT2D eigenvalue weighted by molar-refractivity contribution is 7.86. The molecule has 9 heteroatoms. The Labute approximate surface area is 99.6 Å². The van der Waals surface area contributed by atoms with Crippen LogP contribution in [0.5, 0.6) is 0 Å². The van der Waals surface area contributed by atoms with E-state index in [1.54, 1.807) is 0 Å². The molecule has 0 spiro atoms. The van der Waals surface area contributed by atoms with Gasteiger partial charge in [0.05, 0.1) is 12.5 Å². The Morgan fingerprint density at radius 1 is 0.941 bits per heavy atom. The normalized spacial score (nSPS) is 12.8. The Balaban J connectivity index is 2.54. The van der Waals surface area contributed by atoms with E-state index in [4.69, 9.17) is 4.42 Å². The van der Waals surface area contributed by atoms with E-state index in [9.17, 15) is 16.8 Å². The van der Waals surface area contributed by atoms with Crippen molar-refractivity contribution in [2.75, 3.05) is 12.5 Å². The maximum atomic E-state index is 10.7. The van der Waals surface area contributed by atoms with Gasteiger partial charge in [0.25, 0.3) is 20.2 Å². The summed E-state index contributed by atoms with van der Waals surface area (Å²) in [7, 11) is -7.07. The average Bonchev–Trinajstić information content (AvgIpc) is 2.57. The zero-order valence-electron chi connectivity index (χ0n) is 9.24. The van der Waals surface area contributed by atoms with E-state index in [0.29, 0.717) is 0 Å². The van der Waals surface area contributed by atoms with Crippen LogP contribution in [-0.4, -0.2) is 29.3 Å². The van der Waals surface area contributed by atoms with E-state index in [0.717, 1.165) is 12.5 Å². The molecule has 1 aromatic rings. The lowest BCUT2D eigenvalue weighted by Gasteiger charge is -1.99. The van der Waals surface area contributed by atoms with Crippen molar-refractivity contribution in [2.45, 2.75) is 13.2 Å². The van der Waals surface area contributed by atoms with Crippen molar-refractivity contribution < 1.29 is 29.6 Å². The van der Waals surface area contributed by atoms with Gasteiger partial charge >= 0.3 is 0 Å². The summed E-state index contributed by atoms with van der Waals surface area (Å²) in [5, 5.41) is 0. The maximum absolute atomic E-state index is 10.7. The van der Waals surface area contributed by atoms with Crippen LogP contribution in [0.3, 0.4) is 0 Å². The van der Waals surface area contributed by atoms with Gasteiger partial charge < -0.3 is 4.42 Å². The molecule has 0 aliphatic carbocycles. The minimum Gasteiger partial charge on any atom is -0.461 e. The Bertz CT molecular complexity index is 516. The van der Waals surface area contributed by atoms with Crippen LogP contribution in [0.1, 0.15) is 11.5 Å². The van der Waals surface area contributed by atoms with Crippen molar-refractivity contribution in [1.82, 2.24) is 0 Å². The summed E-state index contributed by atoms with van der Waals surface area (Å²) in [6.45, 7) is -0.477. The molecule has 1 heterocycles. The van der Waals surface area contributed by atoms with Crippen LogP contribution in [-0.2, 0) is 41.8 Å². The molecular weight excluding hydrogens is 272 g/mol. The second-order valence-electron chi connectivity index (χ2n) is 3.30. The summed E-state index contributed by atoms with van der Waals surface area (Å²) in [5.41, 5.74) is 0. The second-order valence-corrected chi connectivity index (χ2v) is 6.59. The molecule has 0 radical (unpaired) electrons. The van der Waals surface area contributed by atoms with E-state index in [2.05, 4.69) is 8.37 Å². The molecule has 1 rings (SSSR count). The molecule has 0 saturated heterocycles. The quantitative estimate of drug-likeness (QED) is 0.689. The summed E-state index contributed by atoms with van der Waals surface area (Å²) in [6, 6.07) is 2.96. The lowest BCUT2D eigenvalue weighted by Crippen LogP contribution is -2.02. The highest BCUT2D eigenvalue weighted by atomic mass is 32.2. The first-order chi connectivity index (χ1) is 7.66. The number of hydrogen-bond donors (Lipinski definition) is 0. The Kier molecular flexibility index (Phi) is 4.31. The molecule has 7 nitrogen and oxygen atoms in total. The Morgan fingerprint density at radius 3 is 1.59 bits per heavy atom. The third-order valence-corrected chi connectivity index (χ3v) is 2.64. The first kappa shape index (κ1) is 14.2. The smallest absolute Gasteiger partial charge is 0.264 e. The molecule has 0 aromatic carbocycles. The predicted octanol–water partition coefficient (Wildman–Crippen LogP) is 0.232. The molecule has 0 N–H and O–H groups in total. The fourth-order valence-corrected chi connectivity index (χ4v) is 1.57. The lowest BCUT2D eigenvalue weighted by molar-refractivity contribution is 0.245. The van der Waals surface area contributed by atoms with Gasteiger partial charge in [-0.25, -0.2) is 0 Å². The van der Waals surface area contributed by atoms with Crippen molar-refractivity contribution in [2.24, 2.45) is 0 Å². The highest BCUT2D eigenvalue weighted by Crippen LogP contribution is 2.11. The molecule has 0 unspecified atom stereocenters. The zero-order valence-corrected chi connectivity index (χ0v) is 10.9. The Hall–Kier alpha value is -0.900. The predicted molar refractivity (Wildman–Crippen MR) is 58.0 cm³/mol. The zero-order chi connectivity index (χ0) is 13.1. The average molecular weight is 284 g/mol. The van der Waals surface area contributed by atoms with Crippen LogP contribution >= 0.6 is 0 Å². The Morgan fingerprint density at radius 2 is 1.29 bits per heavy atom. The largest absolute Gasteiger partial charge is 0.461 e. The summed E-state index contributed by atoms with van der Waals surface area (Å²) in [6.07, 6.45) is 1.84. The molecule has 0 fully saturated rings. The minimum atomic E-state index is -3.54. The third kappa shape index (κ3) is 6.41. The maximum Gasteiger partial charge on any atom is 0.264 e. The van der Waals surface area contributed by atoms with E-state index >= 15 is 0 Å². The van der Waals surface area contributed by atoms with Crippen molar-refractivity contribution >= 4 is 20.2 Å².